The van der Waals surface area contributed by atoms with E-state index in [4.69, 9.17) is 0 Å². The fraction of sp³-hybridized carbons (Fsp3) is 1.00. The van der Waals surface area contributed by atoms with Gasteiger partial charge in [-0.15, -0.1) is 0 Å². The highest BCUT2D eigenvalue weighted by Crippen LogP contribution is 2.45. The Labute approximate surface area is 103 Å². The van der Waals surface area contributed by atoms with E-state index in [1.54, 1.807) is 6.92 Å². The van der Waals surface area contributed by atoms with E-state index >= 15 is 0 Å². The van der Waals surface area contributed by atoms with Gasteiger partial charge >= 0.3 is 12.4 Å². The minimum absolute atomic E-state index is 0.116. The molecule has 0 rings (SSSR count). The molecular formula is C11H19F6N. The van der Waals surface area contributed by atoms with Crippen LogP contribution in [-0.2, 0) is 0 Å². The number of rotatable bonds is 4. The Bertz CT molecular complexity index is 236. The normalized spacial score (nSPS) is 16.2. The van der Waals surface area contributed by atoms with Crippen LogP contribution in [0.3, 0.4) is 0 Å². The van der Waals surface area contributed by atoms with Crippen LogP contribution < -0.4 is 5.32 Å². The average Bonchev–Trinajstić information content (AvgIpc) is 2.05. The Morgan fingerprint density at radius 1 is 0.889 bits per heavy atom. The molecule has 110 valence electrons. The highest BCUT2D eigenvalue weighted by atomic mass is 19.4. The first kappa shape index (κ1) is 17.5. The lowest BCUT2D eigenvalue weighted by Gasteiger charge is -2.39. The van der Waals surface area contributed by atoms with Gasteiger partial charge in [-0.05, 0) is 18.4 Å². The average molecular weight is 279 g/mol. The molecule has 0 heterocycles. The Hall–Kier alpha value is -0.460. The lowest BCUT2D eigenvalue weighted by molar-refractivity contribution is -0.298. The fourth-order valence-electron chi connectivity index (χ4n) is 1.79. The van der Waals surface area contributed by atoms with Crippen molar-refractivity contribution in [2.45, 2.75) is 52.5 Å². The van der Waals surface area contributed by atoms with Crippen molar-refractivity contribution >= 4 is 0 Å². The van der Waals surface area contributed by atoms with E-state index in [1.807, 2.05) is 0 Å². The molecule has 0 saturated carbocycles. The highest BCUT2D eigenvalue weighted by molar-refractivity contribution is 4.93. The summed E-state index contributed by atoms with van der Waals surface area (Å²) in [4.78, 5) is 0. The summed E-state index contributed by atoms with van der Waals surface area (Å²) in [6.45, 7) is 5.90. The number of nitrogens with one attached hydrogen (secondary N) is 1. The molecule has 18 heavy (non-hydrogen) atoms. The van der Waals surface area contributed by atoms with Gasteiger partial charge in [0.25, 0.3) is 0 Å². The molecule has 7 heteroatoms. The van der Waals surface area contributed by atoms with Gasteiger partial charge in [-0.1, -0.05) is 27.7 Å². The van der Waals surface area contributed by atoms with Gasteiger partial charge in [-0.2, -0.15) is 26.3 Å². The van der Waals surface area contributed by atoms with E-state index in [0.29, 0.717) is 6.42 Å². The minimum atomic E-state index is -5.31. The monoisotopic (exact) mass is 279 g/mol. The number of hydrogen-bond donors (Lipinski definition) is 1. The zero-order chi connectivity index (χ0) is 14.8. The van der Waals surface area contributed by atoms with Gasteiger partial charge in [0, 0.05) is 6.04 Å². The largest absolute Gasteiger partial charge is 0.402 e. The third-order valence-corrected chi connectivity index (χ3v) is 2.59. The first-order chi connectivity index (χ1) is 7.81. The molecule has 1 nitrogen and oxygen atoms in total. The van der Waals surface area contributed by atoms with Crippen molar-refractivity contribution in [2.24, 2.45) is 11.3 Å². The molecule has 0 radical (unpaired) electrons. The summed E-state index contributed by atoms with van der Waals surface area (Å²) < 4.78 is 76.0. The zero-order valence-electron chi connectivity index (χ0n) is 10.8. The van der Waals surface area contributed by atoms with Crippen molar-refractivity contribution in [3.05, 3.63) is 0 Å². The third-order valence-electron chi connectivity index (χ3n) is 2.59. The maximum Gasteiger partial charge on any atom is 0.402 e. The molecule has 0 aliphatic heterocycles. The summed E-state index contributed by atoms with van der Waals surface area (Å²) in [6, 6.07) is -1.70. The SMILES string of the molecule is CCCNC(C(C(F)(F)F)C(F)(F)F)C(C)(C)C. The molecule has 0 aliphatic rings. The number of halogens is 6. The first-order valence-electron chi connectivity index (χ1n) is 5.68. The zero-order valence-corrected chi connectivity index (χ0v) is 10.8. The second-order valence-electron chi connectivity index (χ2n) is 5.36. The molecule has 1 N–H and O–H groups in total. The highest BCUT2D eigenvalue weighted by Gasteiger charge is 2.62. The Balaban J connectivity index is 5.37. The summed E-state index contributed by atoms with van der Waals surface area (Å²) >= 11 is 0. The molecule has 0 aromatic heterocycles. The molecule has 0 aromatic carbocycles. The van der Waals surface area contributed by atoms with Crippen LogP contribution in [0, 0.1) is 11.3 Å². The summed E-state index contributed by atoms with van der Waals surface area (Å²) in [6.07, 6.45) is -10.1. The summed E-state index contributed by atoms with van der Waals surface area (Å²) in [5.74, 6) is -3.35. The Morgan fingerprint density at radius 2 is 1.28 bits per heavy atom. The van der Waals surface area contributed by atoms with Gasteiger partial charge < -0.3 is 5.32 Å². The van der Waals surface area contributed by atoms with Crippen molar-refractivity contribution in [1.29, 1.82) is 0 Å². The molecule has 0 bridgehead atoms. The van der Waals surface area contributed by atoms with Gasteiger partial charge in [0.2, 0.25) is 0 Å². The van der Waals surface area contributed by atoms with Crippen molar-refractivity contribution in [3.8, 4) is 0 Å². The molecular weight excluding hydrogens is 260 g/mol. The van der Waals surface area contributed by atoms with Crippen LogP contribution in [0.25, 0.3) is 0 Å². The third kappa shape index (κ3) is 5.04. The molecule has 0 amide bonds. The quantitative estimate of drug-likeness (QED) is 0.763. The summed E-state index contributed by atoms with van der Waals surface area (Å²) in [5, 5.41) is 2.38. The van der Waals surface area contributed by atoms with E-state index in [-0.39, 0.29) is 6.54 Å². The predicted molar refractivity (Wildman–Crippen MR) is 57.1 cm³/mol. The van der Waals surface area contributed by atoms with Gasteiger partial charge in [0.1, 0.15) is 0 Å². The molecule has 0 fully saturated rings. The van der Waals surface area contributed by atoms with Gasteiger partial charge in [-0.3, -0.25) is 0 Å². The van der Waals surface area contributed by atoms with Crippen LogP contribution in [0.2, 0.25) is 0 Å². The molecule has 0 aromatic rings. The van der Waals surface area contributed by atoms with Crippen molar-refractivity contribution in [2.75, 3.05) is 6.54 Å². The standard InChI is InChI=1S/C11H19F6N/c1-5-6-18-8(9(2,3)4)7(10(12,13)14)11(15,16)17/h7-8,18H,5-6H2,1-4H3. The molecule has 0 saturated heterocycles. The van der Waals surface area contributed by atoms with Crippen molar-refractivity contribution < 1.29 is 26.3 Å². The van der Waals surface area contributed by atoms with Crippen LogP contribution in [0.15, 0.2) is 0 Å². The topological polar surface area (TPSA) is 12.0 Å². The summed E-state index contributed by atoms with van der Waals surface area (Å²) in [7, 11) is 0. The van der Waals surface area contributed by atoms with Crippen molar-refractivity contribution in [1.82, 2.24) is 5.32 Å². The van der Waals surface area contributed by atoms with Crippen LogP contribution in [0.5, 0.6) is 0 Å². The molecule has 1 atom stereocenters. The predicted octanol–water partition coefficient (Wildman–Crippen LogP) is 4.14. The Morgan fingerprint density at radius 3 is 1.50 bits per heavy atom. The van der Waals surface area contributed by atoms with Gasteiger partial charge in [-0.25, -0.2) is 0 Å². The molecule has 0 aliphatic carbocycles. The van der Waals surface area contributed by atoms with Gasteiger partial charge in [0.05, 0.1) is 0 Å². The van der Waals surface area contributed by atoms with Crippen LogP contribution in [0.1, 0.15) is 34.1 Å². The minimum Gasteiger partial charge on any atom is -0.312 e. The number of alkyl halides is 6. The van der Waals surface area contributed by atoms with Crippen LogP contribution >= 0.6 is 0 Å². The fourth-order valence-corrected chi connectivity index (χ4v) is 1.79. The van der Waals surface area contributed by atoms with E-state index in [1.165, 1.54) is 20.8 Å². The van der Waals surface area contributed by atoms with E-state index < -0.39 is 29.7 Å². The smallest absolute Gasteiger partial charge is 0.312 e. The van der Waals surface area contributed by atoms with E-state index in [9.17, 15) is 26.3 Å². The van der Waals surface area contributed by atoms with Crippen LogP contribution in [0.4, 0.5) is 26.3 Å². The lowest BCUT2D eigenvalue weighted by Crippen LogP contribution is -2.56. The van der Waals surface area contributed by atoms with Crippen molar-refractivity contribution in [3.63, 3.8) is 0 Å². The Kier molecular flexibility index (Phi) is 5.53. The van der Waals surface area contributed by atoms with Crippen LogP contribution in [-0.4, -0.2) is 24.9 Å². The maximum absolute atomic E-state index is 12.7. The molecule has 1 unspecified atom stereocenters. The van der Waals surface area contributed by atoms with E-state index in [2.05, 4.69) is 5.32 Å². The first-order valence-corrected chi connectivity index (χ1v) is 5.68. The van der Waals surface area contributed by atoms with E-state index in [0.717, 1.165) is 0 Å². The second kappa shape index (κ2) is 5.67. The van der Waals surface area contributed by atoms with Gasteiger partial charge in [0.15, 0.2) is 5.92 Å². The second-order valence-corrected chi connectivity index (χ2v) is 5.36. The summed E-state index contributed by atoms with van der Waals surface area (Å²) in [5.41, 5.74) is -1.15. The molecule has 0 spiro atoms. The maximum atomic E-state index is 12.7. The lowest BCUT2D eigenvalue weighted by atomic mass is 9.78. The number of hydrogen-bond acceptors (Lipinski definition) is 1.